The van der Waals surface area contributed by atoms with Gasteiger partial charge in [0.15, 0.2) is 0 Å². The molecule has 3 aromatic rings. The van der Waals surface area contributed by atoms with Crippen LogP contribution < -0.4 is 0 Å². The predicted octanol–water partition coefficient (Wildman–Crippen LogP) is 2.65. The van der Waals surface area contributed by atoms with E-state index in [-0.39, 0.29) is 5.82 Å². The molecule has 0 spiro atoms. The van der Waals surface area contributed by atoms with Crippen LogP contribution in [-0.2, 0) is 11.3 Å². The molecule has 140 valence electrons. The van der Waals surface area contributed by atoms with Crippen LogP contribution in [0.2, 0.25) is 0 Å². The van der Waals surface area contributed by atoms with Gasteiger partial charge in [-0.05, 0) is 29.8 Å². The molecular weight excluding hydrogens is 347 g/mol. The van der Waals surface area contributed by atoms with Gasteiger partial charge < -0.3 is 10.1 Å². The fourth-order valence-electron chi connectivity index (χ4n) is 3.76. The Morgan fingerprint density at radius 2 is 2.07 bits per heavy atom. The quantitative estimate of drug-likeness (QED) is 0.724. The number of pyridine rings is 1. The summed E-state index contributed by atoms with van der Waals surface area (Å²) in [5.41, 5.74) is 2.45. The molecular formula is C20H21FN4O2. The van der Waals surface area contributed by atoms with Crippen molar-refractivity contribution < 1.29 is 14.3 Å². The zero-order valence-corrected chi connectivity index (χ0v) is 14.8. The molecule has 0 unspecified atom stereocenters. The third-order valence-electron chi connectivity index (χ3n) is 5.11. The Kier molecular flexibility index (Phi) is 4.87. The molecule has 1 aliphatic heterocycles. The van der Waals surface area contributed by atoms with Gasteiger partial charge in [-0.15, -0.1) is 0 Å². The van der Waals surface area contributed by atoms with E-state index in [0.29, 0.717) is 24.2 Å². The highest BCUT2D eigenvalue weighted by atomic mass is 19.1. The Hall–Kier alpha value is -2.77. The van der Waals surface area contributed by atoms with Crippen molar-refractivity contribution in [3.8, 4) is 0 Å². The van der Waals surface area contributed by atoms with Crippen molar-refractivity contribution >= 4 is 16.9 Å². The summed E-state index contributed by atoms with van der Waals surface area (Å²) in [6.45, 7) is 3.70. The summed E-state index contributed by atoms with van der Waals surface area (Å²) >= 11 is 0. The first-order chi connectivity index (χ1) is 13.1. The van der Waals surface area contributed by atoms with Gasteiger partial charge in [0.25, 0.3) is 0 Å². The lowest BCUT2D eigenvalue weighted by Crippen LogP contribution is -2.48. The van der Waals surface area contributed by atoms with Crippen molar-refractivity contribution in [1.29, 1.82) is 0 Å². The second-order valence-corrected chi connectivity index (χ2v) is 6.85. The number of hydrogen-bond acceptors (Lipinski definition) is 4. The zero-order chi connectivity index (χ0) is 18.8. The van der Waals surface area contributed by atoms with E-state index in [1.165, 1.54) is 12.1 Å². The number of nitrogens with one attached hydrogen (secondary N) is 1. The van der Waals surface area contributed by atoms with Gasteiger partial charge in [-0.1, -0.05) is 6.07 Å². The molecule has 4 rings (SSSR count). The highest BCUT2D eigenvalue weighted by Crippen LogP contribution is 2.30. The smallest absolute Gasteiger partial charge is 0.325 e. The first kappa shape index (κ1) is 17.6. The molecule has 0 radical (unpaired) electrons. The van der Waals surface area contributed by atoms with E-state index >= 15 is 0 Å². The Morgan fingerprint density at radius 3 is 2.78 bits per heavy atom. The summed E-state index contributed by atoms with van der Waals surface area (Å²) in [6, 6.07) is 7.62. The maximum Gasteiger partial charge on any atom is 0.325 e. The molecule has 2 aromatic heterocycles. The molecule has 0 saturated carbocycles. The van der Waals surface area contributed by atoms with Gasteiger partial charge in [0.2, 0.25) is 0 Å². The minimum atomic E-state index is -0.888. The van der Waals surface area contributed by atoms with Gasteiger partial charge in [-0.3, -0.25) is 19.6 Å². The monoisotopic (exact) mass is 368 g/mol. The summed E-state index contributed by atoms with van der Waals surface area (Å²) in [4.78, 5) is 23.4. The van der Waals surface area contributed by atoms with Crippen LogP contribution in [0.15, 0.2) is 48.9 Å². The van der Waals surface area contributed by atoms with E-state index in [1.54, 1.807) is 18.5 Å². The van der Waals surface area contributed by atoms with E-state index < -0.39 is 12.0 Å². The van der Waals surface area contributed by atoms with Crippen molar-refractivity contribution in [2.45, 2.75) is 12.6 Å². The van der Waals surface area contributed by atoms with E-state index in [0.717, 1.165) is 30.6 Å². The number of carboxylic acid groups (broad SMARTS) is 1. The number of benzene rings is 1. The van der Waals surface area contributed by atoms with Crippen molar-refractivity contribution in [3.05, 3.63) is 65.9 Å². The normalized spacial score (nSPS) is 17.2. The van der Waals surface area contributed by atoms with Crippen molar-refractivity contribution in [1.82, 2.24) is 19.8 Å². The number of aliphatic carboxylic acids is 1. The number of hydrogen-bond donors (Lipinski definition) is 2. The molecule has 7 heteroatoms. The van der Waals surface area contributed by atoms with Crippen molar-refractivity contribution in [2.75, 3.05) is 26.2 Å². The molecule has 1 saturated heterocycles. The number of nitrogens with zero attached hydrogens (tertiary/aromatic N) is 3. The summed E-state index contributed by atoms with van der Waals surface area (Å²) in [5.74, 6) is -1.23. The number of fused-ring (bicyclic) bond motifs is 1. The molecule has 6 nitrogen and oxygen atoms in total. The van der Waals surface area contributed by atoms with E-state index in [2.05, 4.69) is 14.9 Å². The molecule has 0 bridgehead atoms. The maximum atomic E-state index is 13.4. The first-order valence-electron chi connectivity index (χ1n) is 8.96. The van der Waals surface area contributed by atoms with Gasteiger partial charge in [0.05, 0.1) is 0 Å². The minimum Gasteiger partial charge on any atom is -0.480 e. The van der Waals surface area contributed by atoms with Crippen LogP contribution in [0.5, 0.6) is 0 Å². The topological polar surface area (TPSA) is 72.5 Å². The molecule has 27 heavy (non-hydrogen) atoms. The molecule has 1 aromatic carbocycles. The van der Waals surface area contributed by atoms with Crippen LogP contribution in [0.3, 0.4) is 0 Å². The second kappa shape index (κ2) is 7.46. The number of rotatable bonds is 5. The fourth-order valence-corrected chi connectivity index (χ4v) is 3.76. The van der Waals surface area contributed by atoms with Gasteiger partial charge in [-0.2, -0.15) is 0 Å². The number of piperazine rings is 1. The van der Waals surface area contributed by atoms with Crippen LogP contribution in [0.1, 0.15) is 17.2 Å². The van der Waals surface area contributed by atoms with E-state index in [1.807, 2.05) is 23.2 Å². The average Bonchev–Trinajstić information content (AvgIpc) is 3.06. The molecule has 0 amide bonds. The molecule has 2 N–H and O–H groups in total. The lowest BCUT2D eigenvalue weighted by Gasteiger charge is -2.37. The molecule has 1 fully saturated rings. The SMILES string of the molecule is O=C(O)[C@@H](c1c[nH]c2cc(F)ccc12)N1CCN(Cc2cccnc2)CC1. The molecule has 0 aliphatic carbocycles. The third kappa shape index (κ3) is 3.70. The van der Waals surface area contributed by atoms with Crippen LogP contribution in [0.4, 0.5) is 4.39 Å². The van der Waals surface area contributed by atoms with E-state index in [9.17, 15) is 14.3 Å². The van der Waals surface area contributed by atoms with Gasteiger partial charge >= 0.3 is 5.97 Å². The summed E-state index contributed by atoms with van der Waals surface area (Å²) in [6.07, 6.45) is 5.30. The third-order valence-corrected chi connectivity index (χ3v) is 5.11. The van der Waals surface area contributed by atoms with Gasteiger partial charge in [-0.25, -0.2) is 4.39 Å². The Morgan fingerprint density at radius 1 is 1.26 bits per heavy atom. The average molecular weight is 368 g/mol. The van der Waals surface area contributed by atoms with Crippen LogP contribution in [0, 0.1) is 5.82 Å². The van der Waals surface area contributed by atoms with Crippen LogP contribution in [0.25, 0.3) is 10.9 Å². The largest absolute Gasteiger partial charge is 0.480 e. The number of aromatic amines is 1. The fraction of sp³-hybridized carbons (Fsp3) is 0.300. The lowest BCUT2D eigenvalue weighted by molar-refractivity contribution is -0.144. The number of H-pyrrole nitrogens is 1. The van der Waals surface area contributed by atoms with Crippen LogP contribution in [-0.4, -0.2) is 57.0 Å². The first-order valence-corrected chi connectivity index (χ1v) is 8.96. The van der Waals surface area contributed by atoms with Gasteiger partial charge in [0, 0.05) is 67.8 Å². The Bertz CT molecular complexity index is 936. The van der Waals surface area contributed by atoms with Crippen LogP contribution >= 0.6 is 0 Å². The second-order valence-electron chi connectivity index (χ2n) is 6.85. The standard InChI is InChI=1S/C20H21FN4O2/c21-15-3-4-16-17(12-23-18(16)10-15)19(20(26)27)25-8-6-24(7-9-25)13-14-2-1-5-22-11-14/h1-5,10-12,19,23H,6-9,13H2,(H,26,27)/t19-/m1/s1. The minimum absolute atomic E-state index is 0.341. The highest BCUT2D eigenvalue weighted by molar-refractivity contribution is 5.89. The number of halogens is 1. The van der Waals surface area contributed by atoms with Gasteiger partial charge in [0.1, 0.15) is 11.9 Å². The molecule has 3 heterocycles. The Balaban J connectivity index is 1.49. The zero-order valence-electron chi connectivity index (χ0n) is 14.8. The summed E-state index contributed by atoms with van der Waals surface area (Å²) < 4.78 is 13.4. The Labute approximate surface area is 156 Å². The number of carbonyl (C=O) groups is 1. The lowest BCUT2D eigenvalue weighted by atomic mass is 10.0. The molecule has 1 atom stereocenters. The van der Waals surface area contributed by atoms with Crippen molar-refractivity contribution in [3.63, 3.8) is 0 Å². The predicted molar refractivity (Wildman–Crippen MR) is 99.7 cm³/mol. The number of carboxylic acids is 1. The molecule has 1 aliphatic rings. The summed E-state index contributed by atoms with van der Waals surface area (Å²) in [5, 5.41) is 10.6. The van der Waals surface area contributed by atoms with E-state index in [4.69, 9.17) is 0 Å². The van der Waals surface area contributed by atoms with Crippen molar-refractivity contribution in [2.24, 2.45) is 0 Å². The number of aromatic nitrogens is 2. The highest BCUT2D eigenvalue weighted by Gasteiger charge is 2.32. The maximum absolute atomic E-state index is 13.4. The summed E-state index contributed by atoms with van der Waals surface area (Å²) in [7, 11) is 0.